The zero-order valence-corrected chi connectivity index (χ0v) is 17.5. The second kappa shape index (κ2) is 7.39. The van der Waals surface area contributed by atoms with Gasteiger partial charge in [-0.05, 0) is 51.8 Å². The van der Waals surface area contributed by atoms with E-state index in [0.29, 0.717) is 12.1 Å². The Hall–Kier alpha value is -3.08. The topological polar surface area (TPSA) is 50.2 Å². The molecule has 5 heteroatoms. The van der Waals surface area contributed by atoms with Gasteiger partial charge >= 0.3 is 0 Å². The molecule has 1 N–H and O–H groups in total. The molecule has 1 atom stereocenters. The number of carbonyl (C=O) groups is 1. The first-order valence-corrected chi connectivity index (χ1v) is 10.2. The molecule has 1 unspecified atom stereocenters. The van der Waals surface area contributed by atoms with Gasteiger partial charge in [-0.25, -0.2) is 4.68 Å². The van der Waals surface area contributed by atoms with E-state index in [4.69, 9.17) is 0 Å². The van der Waals surface area contributed by atoms with Crippen molar-refractivity contribution in [2.24, 2.45) is 0 Å². The van der Waals surface area contributed by atoms with Crippen LogP contribution in [0.1, 0.15) is 54.7 Å². The van der Waals surface area contributed by atoms with E-state index in [9.17, 15) is 4.79 Å². The summed E-state index contributed by atoms with van der Waals surface area (Å²) in [6, 6.07) is 18.6. The van der Waals surface area contributed by atoms with Gasteiger partial charge in [0, 0.05) is 12.2 Å². The molecule has 0 saturated carbocycles. The van der Waals surface area contributed by atoms with Crippen LogP contribution < -0.4 is 10.2 Å². The number of carbonyl (C=O) groups excluding carboxylic acids is 1. The van der Waals surface area contributed by atoms with E-state index in [1.54, 1.807) is 11.1 Å². The fourth-order valence-electron chi connectivity index (χ4n) is 4.10. The second-order valence-electron chi connectivity index (χ2n) is 8.33. The standard InChI is InChI=1S/C24H28N4O/c1-5-27(19-13-11-17(2)12-14-19)23(29)20-16-25-28-22(20)26-21(15-24(28,3)4)18-9-7-6-8-10-18/h6-14,16,21,26H,5,15H2,1-4H3. The summed E-state index contributed by atoms with van der Waals surface area (Å²) in [7, 11) is 0. The van der Waals surface area contributed by atoms with Gasteiger partial charge in [0.05, 0.1) is 17.8 Å². The summed E-state index contributed by atoms with van der Waals surface area (Å²) in [4.78, 5) is 15.3. The van der Waals surface area contributed by atoms with Crippen LogP contribution in [-0.4, -0.2) is 22.2 Å². The van der Waals surface area contributed by atoms with Crippen LogP contribution in [0.4, 0.5) is 11.5 Å². The molecule has 1 amide bonds. The Kier molecular flexibility index (Phi) is 4.91. The monoisotopic (exact) mass is 388 g/mol. The molecule has 150 valence electrons. The van der Waals surface area contributed by atoms with Gasteiger partial charge in [0.15, 0.2) is 0 Å². The lowest BCUT2D eigenvalue weighted by atomic mass is 9.89. The highest BCUT2D eigenvalue weighted by Gasteiger charge is 2.37. The fourth-order valence-corrected chi connectivity index (χ4v) is 4.10. The first-order chi connectivity index (χ1) is 13.9. The Morgan fingerprint density at radius 3 is 2.52 bits per heavy atom. The Morgan fingerprint density at radius 2 is 1.86 bits per heavy atom. The van der Waals surface area contributed by atoms with Crippen LogP contribution in [0.2, 0.25) is 0 Å². The minimum Gasteiger partial charge on any atom is -0.363 e. The number of hydrogen-bond donors (Lipinski definition) is 1. The summed E-state index contributed by atoms with van der Waals surface area (Å²) in [6.07, 6.45) is 2.60. The molecule has 1 aromatic heterocycles. The van der Waals surface area contributed by atoms with Gasteiger partial charge in [0.1, 0.15) is 11.4 Å². The number of aryl methyl sites for hydroxylation is 1. The van der Waals surface area contributed by atoms with Crippen LogP contribution in [0.5, 0.6) is 0 Å². The molecule has 5 nitrogen and oxygen atoms in total. The number of fused-ring (bicyclic) bond motifs is 1. The average molecular weight is 389 g/mol. The highest BCUT2D eigenvalue weighted by Crippen LogP contribution is 2.40. The molecule has 2 heterocycles. The molecule has 1 aliphatic rings. The molecular weight excluding hydrogens is 360 g/mol. The third-order valence-electron chi connectivity index (χ3n) is 5.70. The minimum atomic E-state index is -0.194. The molecule has 0 radical (unpaired) electrons. The van der Waals surface area contributed by atoms with Crippen LogP contribution in [0.15, 0.2) is 60.8 Å². The molecule has 4 rings (SSSR count). The third-order valence-corrected chi connectivity index (χ3v) is 5.70. The predicted octanol–water partition coefficient (Wildman–Crippen LogP) is 5.15. The van der Waals surface area contributed by atoms with Crippen molar-refractivity contribution in [2.75, 3.05) is 16.8 Å². The Bertz CT molecular complexity index is 1010. The second-order valence-corrected chi connectivity index (χ2v) is 8.33. The Labute approximate surface area is 172 Å². The molecule has 0 aliphatic carbocycles. The summed E-state index contributed by atoms with van der Waals surface area (Å²) in [5, 5.41) is 8.18. The maximum absolute atomic E-state index is 13.5. The number of hydrogen-bond acceptors (Lipinski definition) is 3. The molecule has 0 bridgehead atoms. The zero-order chi connectivity index (χ0) is 20.6. The van der Waals surface area contributed by atoms with Gasteiger partial charge in [-0.1, -0.05) is 48.0 Å². The van der Waals surface area contributed by atoms with Crippen molar-refractivity contribution in [3.63, 3.8) is 0 Å². The number of anilines is 2. The van der Waals surface area contributed by atoms with Crippen LogP contribution in [0.3, 0.4) is 0 Å². The Balaban J connectivity index is 1.71. The molecule has 29 heavy (non-hydrogen) atoms. The van der Waals surface area contributed by atoms with E-state index < -0.39 is 0 Å². The van der Waals surface area contributed by atoms with Crippen molar-refractivity contribution >= 4 is 17.4 Å². The normalized spacial score (nSPS) is 17.3. The summed E-state index contributed by atoms with van der Waals surface area (Å²) < 4.78 is 1.96. The zero-order valence-electron chi connectivity index (χ0n) is 17.5. The summed E-state index contributed by atoms with van der Waals surface area (Å²) in [6.45, 7) is 8.99. The number of aromatic nitrogens is 2. The molecule has 0 spiro atoms. The van der Waals surface area contributed by atoms with Crippen molar-refractivity contribution < 1.29 is 4.79 Å². The number of benzene rings is 2. The number of amides is 1. The van der Waals surface area contributed by atoms with Crippen molar-refractivity contribution in [1.29, 1.82) is 0 Å². The summed E-state index contributed by atoms with van der Waals surface area (Å²) in [5.41, 5.74) is 3.71. The van der Waals surface area contributed by atoms with Crippen molar-refractivity contribution in [3.05, 3.63) is 77.5 Å². The number of nitrogens with one attached hydrogen (secondary N) is 1. The van der Waals surface area contributed by atoms with Gasteiger partial charge < -0.3 is 10.2 Å². The fraction of sp³-hybridized carbons (Fsp3) is 0.333. The summed E-state index contributed by atoms with van der Waals surface area (Å²) >= 11 is 0. The molecule has 2 aromatic carbocycles. The van der Waals surface area contributed by atoms with Crippen molar-refractivity contribution in [1.82, 2.24) is 9.78 Å². The first kappa shape index (κ1) is 19.2. The van der Waals surface area contributed by atoms with E-state index in [0.717, 1.165) is 17.9 Å². The van der Waals surface area contributed by atoms with Gasteiger partial charge in [-0.15, -0.1) is 0 Å². The van der Waals surface area contributed by atoms with E-state index in [-0.39, 0.29) is 17.5 Å². The molecule has 3 aromatic rings. The van der Waals surface area contributed by atoms with Crippen LogP contribution in [0, 0.1) is 6.92 Å². The number of rotatable bonds is 4. The largest absolute Gasteiger partial charge is 0.363 e. The predicted molar refractivity (Wildman–Crippen MR) is 118 cm³/mol. The van der Waals surface area contributed by atoms with Crippen molar-refractivity contribution in [2.45, 2.75) is 45.7 Å². The quantitative estimate of drug-likeness (QED) is 0.672. The van der Waals surface area contributed by atoms with Crippen LogP contribution >= 0.6 is 0 Å². The van der Waals surface area contributed by atoms with E-state index >= 15 is 0 Å². The maximum atomic E-state index is 13.5. The van der Waals surface area contributed by atoms with Crippen LogP contribution in [0.25, 0.3) is 0 Å². The van der Waals surface area contributed by atoms with E-state index in [1.807, 2.05) is 48.9 Å². The SMILES string of the molecule is CCN(C(=O)c1cnn2c1NC(c1ccccc1)CC2(C)C)c1ccc(C)cc1. The van der Waals surface area contributed by atoms with Crippen molar-refractivity contribution in [3.8, 4) is 0 Å². The third kappa shape index (κ3) is 3.53. The summed E-state index contributed by atoms with van der Waals surface area (Å²) in [5.74, 6) is 0.764. The maximum Gasteiger partial charge on any atom is 0.263 e. The smallest absolute Gasteiger partial charge is 0.263 e. The lowest BCUT2D eigenvalue weighted by Gasteiger charge is -2.38. The van der Waals surface area contributed by atoms with Gasteiger partial charge in [-0.2, -0.15) is 5.10 Å². The molecular formula is C24H28N4O. The molecule has 0 saturated heterocycles. The highest BCUT2D eigenvalue weighted by molar-refractivity contribution is 6.09. The van der Waals surface area contributed by atoms with Gasteiger partial charge in [-0.3, -0.25) is 4.79 Å². The molecule has 1 aliphatic heterocycles. The highest BCUT2D eigenvalue weighted by atomic mass is 16.2. The first-order valence-electron chi connectivity index (χ1n) is 10.2. The van der Waals surface area contributed by atoms with Crippen LogP contribution in [-0.2, 0) is 5.54 Å². The van der Waals surface area contributed by atoms with Gasteiger partial charge in [0.2, 0.25) is 0 Å². The number of nitrogens with zero attached hydrogens (tertiary/aromatic N) is 3. The van der Waals surface area contributed by atoms with E-state index in [1.165, 1.54) is 11.1 Å². The lowest BCUT2D eigenvalue weighted by molar-refractivity contribution is 0.0988. The lowest BCUT2D eigenvalue weighted by Crippen LogP contribution is -2.39. The van der Waals surface area contributed by atoms with E-state index in [2.05, 4.69) is 48.5 Å². The Morgan fingerprint density at radius 1 is 1.17 bits per heavy atom. The van der Waals surface area contributed by atoms with Gasteiger partial charge in [0.25, 0.3) is 5.91 Å². The average Bonchev–Trinajstić information content (AvgIpc) is 3.15. The molecule has 0 fully saturated rings. The minimum absolute atomic E-state index is 0.0328.